The van der Waals surface area contributed by atoms with E-state index in [0.717, 1.165) is 17.3 Å². The van der Waals surface area contributed by atoms with Crippen LogP contribution in [-0.2, 0) is 6.61 Å². The molecule has 3 nitrogen and oxygen atoms in total. The molecule has 0 aliphatic rings. The lowest BCUT2D eigenvalue weighted by molar-refractivity contribution is 0.301. The number of aryl methyl sites for hydroxylation is 1. The van der Waals surface area contributed by atoms with Gasteiger partial charge < -0.3 is 10.1 Å². The standard InChI is InChI=1S/C14H16N2O/c1-11-6-8-13(9-7-11)17-10-12-4-3-5-14(15-2)16-12/h3-9H,10H2,1-2H3,(H,15,16). The van der Waals surface area contributed by atoms with E-state index in [0.29, 0.717) is 6.61 Å². The van der Waals surface area contributed by atoms with E-state index in [2.05, 4.69) is 17.2 Å². The van der Waals surface area contributed by atoms with Crippen LogP contribution in [0.3, 0.4) is 0 Å². The molecule has 1 N–H and O–H groups in total. The molecule has 2 aromatic rings. The molecule has 0 aliphatic carbocycles. The normalized spacial score (nSPS) is 10.0. The van der Waals surface area contributed by atoms with Crippen molar-refractivity contribution in [2.75, 3.05) is 12.4 Å². The molecule has 0 amide bonds. The van der Waals surface area contributed by atoms with Crippen molar-refractivity contribution in [2.24, 2.45) is 0 Å². The summed E-state index contributed by atoms with van der Waals surface area (Å²) in [7, 11) is 1.85. The smallest absolute Gasteiger partial charge is 0.130 e. The Kier molecular flexibility index (Phi) is 3.60. The third kappa shape index (κ3) is 3.21. The highest BCUT2D eigenvalue weighted by atomic mass is 16.5. The summed E-state index contributed by atoms with van der Waals surface area (Å²) in [6.45, 7) is 2.54. The predicted molar refractivity (Wildman–Crippen MR) is 69.3 cm³/mol. The zero-order valence-electron chi connectivity index (χ0n) is 10.1. The fraction of sp³-hybridized carbons (Fsp3) is 0.214. The SMILES string of the molecule is CNc1cccc(COc2ccc(C)cc2)n1. The number of anilines is 1. The van der Waals surface area contributed by atoms with Gasteiger partial charge in [-0.2, -0.15) is 0 Å². The van der Waals surface area contributed by atoms with Crippen LogP contribution in [0.4, 0.5) is 5.82 Å². The monoisotopic (exact) mass is 228 g/mol. The number of rotatable bonds is 4. The first kappa shape index (κ1) is 11.5. The van der Waals surface area contributed by atoms with Gasteiger partial charge in [-0.05, 0) is 31.2 Å². The molecule has 1 aromatic heterocycles. The molecule has 17 heavy (non-hydrogen) atoms. The number of hydrogen-bond donors (Lipinski definition) is 1. The first-order valence-electron chi connectivity index (χ1n) is 5.61. The Hall–Kier alpha value is -2.03. The van der Waals surface area contributed by atoms with Crippen LogP contribution in [-0.4, -0.2) is 12.0 Å². The Balaban J connectivity index is 1.99. The van der Waals surface area contributed by atoms with Crippen LogP contribution >= 0.6 is 0 Å². The largest absolute Gasteiger partial charge is 0.487 e. The second kappa shape index (κ2) is 5.34. The quantitative estimate of drug-likeness (QED) is 0.873. The van der Waals surface area contributed by atoms with Gasteiger partial charge in [0, 0.05) is 7.05 Å². The van der Waals surface area contributed by atoms with Gasteiger partial charge in [0.25, 0.3) is 0 Å². The van der Waals surface area contributed by atoms with E-state index < -0.39 is 0 Å². The van der Waals surface area contributed by atoms with Crippen LogP contribution in [0.15, 0.2) is 42.5 Å². The lowest BCUT2D eigenvalue weighted by Gasteiger charge is -2.07. The average molecular weight is 228 g/mol. The number of aromatic nitrogens is 1. The fourth-order valence-corrected chi connectivity index (χ4v) is 1.49. The highest BCUT2D eigenvalue weighted by Gasteiger charge is 1.98. The van der Waals surface area contributed by atoms with Crippen LogP contribution in [0.1, 0.15) is 11.3 Å². The molecular weight excluding hydrogens is 212 g/mol. The maximum atomic E-state index is 5.66. The van der Waals surface area contributed by atoms with Crippen LogP contribution in [0, 0.1) is 6.92 Å². The lowest BCUT2D eigenvalue weighted by Crippen LogP contribution is -2.00. The summed E-state index contributed by atoms with van der Waals surface area (Å²) >= 11 is 0. The van der Waals surface area contributed by atoms with Crippen LogP contribution in [0.25, 0.3) is 0 Å². The maximum absolute atomic E-state index is 5.66. The highest BCUT2D eigenvalue weighted by Crippen LogP contribution is 2.13. The molecule has 0 unspecified atom stereocenters. The molecule has 0 atom stereocenters. The third-order valence-electron chi connectivity index (χ3n) is 2.47. The van der Waals surface area contributed by atoms with E-state index in [-0.39, 0.29) is 0 Å². The van der Waals surface area contributed by atoms with Gasteiger partial charge in [-0.3, -0.25) is 0 Å². The second-order valence-electron chi connectivity index (χ2n) is 3.87. The third-order valence-corrected chi connectivity index (χ3v) is 2.47. The van der Waals surface area contributed by atoms with Crippen LogP contribution < -0.4 is 10.1 Å². The Morgan fingerprint density at radius 3 is 2.59 bits per heavy atom. The van der Waals surface area contributed by atoms with Gasteiger partial charge >= 0.3 is 0 Å². The lowest BCUT2D eigenvalue weighted by atomic mass is 10.2. The van der Waals surface area contributed by atoms with Crippen LogP contribution in [0.5, 0.6) is 5.75 Å². The van der Waals surface area contributed by atoms with Gasteiger partial charge in [-0.25, -0.2) is 4.98 Å². The first-order chi connectivity index (χ1) is 8.28. The van der Waals surface area contributed by atoms with Crippen molar-refractivity contribution in [3.05, 3.63) is 53.7 Å². The maximum Gasteiger partial charge on any atom is 0.130 e. The summed E-state index contributed by atoms with van der Waals surface area (Å²) in [6, 6.07) is 13.9. The molecule has 0 saturated heterocycles. The minimum atomic E-state index is 0.485. The Labute approximate surface area is 101 Å². The van der Waals surface area contributed by atoms with Crippen molar-refractivity contribution in [1.29, 1.82) is 0 Å². The Morgan fingerprint density at radius 1 is 1.12 bits per heavy atom. The van der Waals surface area contributed by atoms with Crippen molar-refractivity contribution in [1.82, 2.24) is 4.98 Å². The molecule has 2 rings (SSSR count). The average Bonchev–Trinajstić information content (AvgIpc) is 2.38. The number of nitrogens with zero attached hydrogens (tertiary/aromatic N) is 1. The molecule has 3 heteroatoms. The molecule has 1 heterocycles. The Morgan fingerprint density at radius 2 is 1.88 bits per heavy atom. The number of ether oxygens (including phenoxy) is 1. The number of nitrogens with one attached hydrogen (secondary N) is 1. The molecule has 0 bridgehead atoms. The van der Waals surface area contributed by atoms with Crippen LogP contribution in [0.2, 0.25) is 0 Å². The van der Waals surface area contributed by atoms with Crippen molar-refractivity contribution in [3.8, 4) is 5.75 Å². The molecule has 0 aliphatic heterocycles. The zero-order chi connectivity index (χ0) is 12.1. The molecule has 1 aromatic carbocycles. The van der Waals surface area contributed by atoms with Gasteiger partial charge in [0.2, 0.25) is 0 Å². The summed E-state index contributed by atoms with van der Waals surface area (Å²) in [5.41, 5.74) is 2.14. The van der Waals surface area contributed by atoms with Gasteiger partial charge in [0.15, 0.2) is 0 Å². The van der Waals surface area contributed by atoms with Crippen molar-refractivity contribution < 1.29 is 4.74 Å². The van der Waals surface area contributed by atoms with Gasteiger partial charge in [0.1, 0.15) is 18.2 Å². The second-order valence-corrected chi connectivity index (χ2v) is 3.87. The van der Waals surface area contributed by atoms with E-state index in [1.54, 1.807) is 0 Å². The molecule has 0 saturated carbocycles. The predicted octanol–water partition coefficient (Wildman–Crippen LogP) is 3.01. The highest BCUT2D eigenvalue weighted by molar-refractivity contribution is 5.34. The molecular formula is C14H16N2O. The van der Waals surface area contributed by atoms with E-state index >= 15 is 0 Å². The van der Waals surface area contributed by atoms with Gasteiger partial charge in [0.05, 0.1) is 5.69 Å². The van der Waals surface area contributed by atoms with E-state index in [1.165, 1.54) is 5.56 Å². The summed E-state index contributed by atoms with van der Waals surface area (Å²) in [5, 5.41) is 3.01. The van der Waals surface area contributed by atoms with Gasteiger partial charge in [-0.15, -0.1) is 0 Å². The number of pyridine rings is 1. The summed E-state index contributed by atoms with van der Waals surface area (Å²) in [5.74, 6) is 1.72. The van der Waals surface area contributed by atoms with Crippen molar-refractivity contribution in [3.63, 3.8) is 0 Å². The molecule has 0 spiro atoms. The molecule has 0 radical (unpaired) electrons. The first-order valence-corrected chi connectivity index (χ1v) is 5.61. The van der Waals surface area contributed by atoms with Crippen molar-refractivity contribution in [2.45, 2.75) is 13.5 Å². The fourth-order valence-electron chi connectivity index (χ4n) is 1.49. The molecule has 88 valence electrons. The molecule has 0 fully saturated rings. The van der Waals surface area contributed by atoms with E-state index in [1.807, 2.05) is 49.5 Å². The van der Waals surface area contributed by atoms with Crippen molar-refractivity contribution >= 4 is 5.82 Å². The zero-order valence-corrected chi connectivity index (χ0v) is 10.1. The van der Waals surface area contributed by atoms with Gasteiger partial charge in [-0.1, -0.05) is 23.8 Å². The number of hydrogen-bond acceptors (Lipinski definition) is 3. The summed E-state index contributed by atoms with van der Waals surface area (Å²) in [4.78, 5) is 4.39. The summed E-state index contributed by atoms with van der Waals surface area (Å²) in [6.07, 6.45) is 0. The number of benzene rings is 1. The Bertz CT molecular complexity index is 480. The summed E-state index contributed by atoms with van der Waals surface area (Å²) < 4.78 is 5.66. The topological polar surface area (TPSA) is 34.1 Å². The minimum absolute atomic E-state index is 0.485. The minimum Gasteiger partial charge on any atom is -0.487 e. The van der Waals surface area contributed by atoms with E-state index in [4.69, 9.17) is 4.74 Å². The van der Waals surface area contributed by atoms with E-state index in [9.17, 15) is 0 Å².